The highest BCUT2D eigenvalue weighted by molar-refractivity contribution is 5.77. The van der Waals surface area contributed by atoms with Crippen molar-refractivity contribution in [3.05, 3.63) is 0 Å². The number of hydrogen-bond acceptors (Lipinski definition) is 4. The summed E-state index contributed by atoms with van der Waals surface area (Å²) in [7, 11) is 0. The van der Waals surface area contributed by atoms with Gasteiger partial charge in [0.2, 0.25) is 0 Å². The van der Waals surface area contributed by atoms with E-state index in [4.69, 9.17) is 5.11 Å². The smallest absolute Gasteiger partial charge is 0.306 e. The SMILES string of the molecule is O=CCOC(=O)CCC(=O)O. The van der Waals surface area contributed by atoms with Crippen molar-refractivity contribution in [3.8, 4) is 0 Å². The van der Waals surface area contributed by atoms with Gasteiger partial charge in [-0.05, 0) is 0 Å². The molecule has 0 aromatic rings. The van der Waals surface area contributed by atoms with Crippen LogP contribution in [0.4, 0.5) is 0 Å². The molecule has 0 saturated carbocycles. The highest BCUT2D eigenvalue weighted by Crippen LogP contribution is 1.91. The number of carbonyl (C=O) groups excluding carboxylic acids is 2. The van der Waals surface area contributed by atoms with Crippen LogP contribution in [0, 0.1) is 0 Å². The van der Waals surface area contributed by atoms with Crippen molar-refractivity contribution in [2.24, 2.45) is 0 Å². The van der Waals surface area contributed by atoms with Crippen LogP contribution < -0.4 is 0 Å². The Hall–Kier alpha value is -1.39. The first-order chi connectivity index (χ1) is 5.16. The van der Waals surface area contributed by atoms with Gasteiger partial charge in [-0.15, -0.1) is 0 Å². The molecule has 0 aliphatic rings. The zero-order valence-corrected chi connectivity index (χ0v) is 5.78. The second-order valence-electron chi connectivity index (χ2n) is 1.74. The van der Waals surface area contributed by atoms with Gasteiger partial charge < -0.3 is 9.84 Å². The van der Waals surface area contributed by atoms with Crippen LogP contribution >= 0.6 is 0 Å². The minimum absolute atomic E-state index is 0.191. The van der Waals surface area contributed by atoms with Crippen LogP contribution in [0.1, 0.15) is 12.8 Å². The molecule has 0 atom stereocenters. The van der Waals surface area contributed by atoms with Gasteiger partial charge in [0.15, 0.2) is 6.29 Å². The quantitative estimate of drug-likeness (QED) is 0.437. The van der Waals surface area contributed by atoms with Crippen LogP contribution in [-0.2, 0) is 19.1 Å². The monoisotopic (exact) mass is 160 g/mol. The summed E-state index contributed by atoms with van der Waals surface area (Å²) < 4.78 is 4.27. The number of carboxylic acid groups (broad SMARTS) is 1. The fourth-order valence-electron chi connectivity index (χ4n) is 0.408. The zero-order valence-electron chi connectivity index (χ0n) is 5.78. The van der Waals surface area contributed by atoms with Crippen LogP contribution in [0.15, 0.2) is 0 Å². The molecular weight excluding hydrogens is 152 g/mol. The Balaban J connectivity index is 3.37. The number of rotatable bonds is 5. The average Bonchev–Trinajstić information content (AvgIpc) is 1.97. The van der Waals surface area contributed by atoms with Crippen molar-refractivity contribution in [1.82, 2.24) is 0 Å². The molecule has 0 radical (unpaired) electrons. The van der Waals surface area contributed by atoms with Crippen LogP contribution in [0.2, 0.25) is 0 Å². The topological polar surface area (TPSA) is 80.7 Å². The molecule has 0 aliphatic heterocycles. The highest BCUT2D eigenvalue weighted by Gasteiger charge is 2.05. The molecule has 5 nitrogen and oxygen atoms in total. The highest BCUT2D eigenvalue weighted by atomic mass is 16.5. The molecule has 0 amide bonds. The molecule has 1 N–H and O–H groups in total. The molecule has 0 heterocycles. The maximum Gasteiger partial charge on any atom is 0.306 e. The summed E-state index contributed by atoms with van der Waals surface area (Å²) in [6.07, 6.45) is -0.0282. The van der Waals surface area contributed by atoms with E-state index in [-0.39, 0.29) is 19.4 Å². The first-order valence-electron chi connectivity index (χ1n) is 2.98. The molecule has 0 aromatic carbocycles. The predicted octanol–water partition coefficient (Wildman–Crippen LogP) is -0.407. The molecule has 11 heavy (non-hydrogen) atoms. The Labute approximate surface area is 63.0 Å². The van der Waals surface area contributed by atoms with Crippen LogP contribution in [0.25, 0.3) is 0 Å². The summed E-state index contributed by atoms with van der Waals surface area (Å²) in [5.41, 5.74) is 0. The number of aldehydes is 1. The van der Waals surface area contributed by atoms with Gasteiger partial charge in [-0.3, -0.25) is 14.4 Å². The molecule has 0 aliphatic carbocycles. The fourth-order valence-corrected chi connectivity index (χ4v) is 0.408. The van der Waals surface area contributed by atoms with Gasteiger partial charge >= 0.3 is 11.9 Å². The number of carbonyl (C=O) groups is 3. The lowest BCUT2D eigenvalue weighted by Gasteiger charge is -1.96. The maximum absolute atomic E-state index is 10.5. The molecule has 0 saturated heterocycles. The van der Waals surface area contributed by atoms with Gasteiger partial charge in [0.25, 0.3) is 0 Å². The van der Waals surface area contributed by atoms with E-state index >= 15 is 0 Å². The molecule has 0 fully saturated rings. The number of aliphatic carboxylic acids is 1. The minimum atomic E-state index is -1.06. The Bertz CT molecular complexity index is 162. The lowest BCUT2D eigenvalue weighted by atomic mass is 10.3. The van der Waals surface area contributed by atoms with Crippen molar-refractivity contribution in [3.63, 3.8) is 0 Å². The standard InChI is InChI=1S/C6H8O5/c7-3-4-11-6(10)2-1-5(8)9/h3H,1-2,4H2,(H,8,9). The Kier molecular flexibility index (Phi) is 4.72. The lowest BCUT2D eigenvalue weighted by molar-refractivity contribution is -0.148. The summed E-state index contributed by atoms with van der Waals surface area (Å²) in [4.78, 5) is 30.0. The van der Waals surface area contributed by atoms with Gasteiger partial charge in [0.05, 0.1) is 12.8 Å². The number of carboxylic acids is 1. The third-order valence-corrected chi connectivity index (χ3v) is 0.855. The zero-order chi connectivity index (χ0) is 8.69. The predicted molar refractivity (Wildman–Crippen MR) is 33.9 cm³/mol. The number of ether oxygens (including phenoxy) is 1. The molecule has 62 valence electrons. The Morgan fingerprint density at radius 3 is 2.45 bits per heavy atom. The molecule has 5 heteroatoms. The number of hydrogen-bond donors (Lipinski definition) is 1. The lowest BCUT2D eigenvalue weighted by Crippen LogP contribution is -2.08. The van der Waals surface area contributed by atoms with E-state index in [1.807, 2.05) is 0 Å². The summed E-state index contributed by atoms with van der Waals surface area (Å²) in [6, 6.07) is 0. The minimum Gasteiger partial charge on any atom is -0.481 e. The van der Waals surface area contributed by atoms with Gasteiger partial charge in [-0.2, -0.15) is 0 Å². The normalized spacial score (nSPS) is 8.73. The summed E-state index contributed by atoms with van der Waals surface area (Å²) in [6.45, 7) is -0.307. The van der Waals surface area contributed by atoms with E-state index < -0.39 is 11.9 Å². The summed E-state index contributed by atoms with van der Waals surface area (Å²) in [5.74, 6) is -1.73. The van der Waals surface area contributed by atoms with E-state index in [9.17, 15) is 14.4 Å². The van der Waals surface area contributed by atoms with Crippen LogP contribution in [-0.4, -0.2) is 29.9 Å². The van der Waals surface area contributed by atoms with Crippen molar-refractivity contribution >= 4 is 18.2 Å². The van der Waals surface area contributed by atoms with Gasteiger partial charge in [0, 0.05) is 0 Å². The molecule has 0 bridgehead atoms. The van der Waals surface area contributed by atoms with Crippen molar-refractivity contribution in [2.45, 2.75) is 12.8 Å². The van der Waals surface area contributed by atoms with Crippen LogP contribution in [0.5, 0.6) is 0 Å². The fraction of sp³-hybridized carbons (Fsp3) is 0.500. The first kappa shape index (κ1) is 9.61. The van der Waals surface area contributed by atoms with E-state index in [1.54, 1.807) is 0 Å². The van der Waals surface area contributed by atoms with E-state index in [0.717, 1.165) is 0 Å². The Morgan fingerprint density at radius 1 is 1.36 bits per heavy atom. The third kappa shape index (κ3) is 6.50. The van der Waals surface area contributed by atoms with E-state index in [2.05, 4.69) is 4.74 Å². The van der Waals surface area contributed by atoms with Gasteiger partial charge in [-0.1, -0.05) is 0 Å². The second-order valence-corrected chi connectivity index (χ2v) is 1.74. The molecule has 0 unspecified atom stereocenters. The van der Waals surface area contributed by atoms with Crippen LogP contribution in [0.3, 0.4) is 0 Å². The second kappa shape index (κ2) is 5.40. The number of esters is 1. The maximum atomic E-state index is 10.5. The molecule has 0 rings (SSSR count). The summed E-state index contributed by atoms with van der Waals surface area (Å²) >= 11 is 0. The first-order valence-corrected chi connectivity index (χ1v) is 2.98. The molecule has 0 spiro atoms. The molecular formula is C6H8O5. The van der Waals surface area contributed by atoms with Crippen molar-refractivity contribution in [1.29, 1.82) is 0 Å². The largest absolute Gasteiger partial charge is 0.481 e. The Morgan fingerprint density at radius 2 is 2.00 bits per heavy atom. The average molecular weight is 160 g/mol. The van der Waals surface area contributed by atoms with E-state index in [0.29, 0.717) is 6.29 Å². The van der Waals surface area contributed by atoms with E-state index in [1.165, 1.54) is 0 Å². The summed E-state index contributed by atoms with van der Waals surface area (Å²) in [5, 5.41) is 8.11. The van der Waals surface area contributed by atoms with Crippen molar-refractivity contribution < 1.29 is 24.2 Å². The van der Waals surface area contributed by atoms with Crippen molar-refractivity contribution in [2.75, 3.05) is 6.61 Å². The third-order valence-electron chi connectivity index (χ3n) is 0.855. The molecule has 0 aromatic heterocycles. The van der Waals surface area contributed by atoms with Gasteiger partial charge in [0.1, 0.15) is 6.61 Å². The van der Waals surface area contributed by atoms with Gasteiger partial charge in [-0.25, -0.2) is 0 Å².